The fraction of sp³-hybridized carbons (Fsp3) is 0.900. The van der Waals surface area contributed by atoms with Crippen molar-refractivity contribution in [3.05, 3.63) is 0 Å². The first-order chi connectivity index (χ1) is 8.01. The number of morpholine rings is 1. The number of hydrogen-bond acceptors (Lipinski definition) is 4. The standard InChI is InChI=1S/C10H15F3N2O2/c11-10(12,13)8-16-4-1-2-15-3-5-17-9(6-14)7-15/h9H,1-5,7-8H2. The van der Waals surface area contributed by atoms with Crippen molar-refractivity contribution in [3.63, 3.8) is 0 Å². The molecule has 4 nitrogen and oxygen atoms in total. The molecule has 98 valence electrons. The van der Waals surface area contributed by atoms with Crippen LogP contribution in [0.3, 0.4) is 0 Å². The fourth-order valence-corrected chi connectivity index (χ4v) is 1.56. The second kappa shape index (κ2) is 6.79. The smallest absolute Gasteiger partial charge is 0.372 e. The summed E-state index contributed by atoms with van der Waals surface area (Å²) in [5, 5.41) is 8.66. The highest BCUT2D eigenvalue weighted by Crippen LogP contribution is 2.14. The highest BCUT2D eigenvalue weighted by molar-refractivity contribution is 4.89. The van der Waals surface area contributed by atoms with Gasteiger partial charge in [0, 0.05) is 26.2 Å². The summed E-state index contributed by atoms with van der Waals surface area (Å²) in [5.41, 5.74) is 0. The van der Waals surface area contributed by atoms with Gasteiger partial charge in [-0.25, -0.2) is 0 Å². The molecule has 0 spiro atoms. The molecule has 1 aliphatic rings. The van der Waals surface area contributed by atoms with Crippen molar-refractivity contribution in [3.8, 4) is 6.07 Å². The summed E-state index contributed by atoms with van der Waals surface area (Å²) in [6.45, 7) is 1.21. The SMILES string of the molecule is N#CC1CN(CCCOCC(F)(F)F)CCO1. The fourth-order valence-electron chi connectivity index (χ4n) is 1.56. The first-order valence-corrected chi connectivity index (χ1v) is 5.39. The predicted octanol–water partition coefficient (Wildman–Crippen LogP) is 1.18. The number of hydrogen-bond donors (Lipinski definition) is 0. The van der Waals surface area contributed by atoms with Gasteiger partial charge in [0.25, 0.3) is 0 Å². The minimum absolute atomic E-state index is 0.0775. The van der Waals surface area contributed by atoms with Crippen LogP contribution >= 0.6 is 0 Å². The van der Waals surface area contributed by atoms with Crippen LogP contribution < -0.4 is 0 Å². The molecule has 0 aromatic carbocycles. The van der Waals surface area contributed by atoms with E-state index in [1.54, 1.807) is 0 Å². The third kappa shape index (κ3) is 6.46. The van der Waals surface area contributed by atoms with Crippen LogP contribution in [0.4, 0.5) is 13.2 Å². The van der Waals surface area contributed by atoms with E-state index in [9.17, 15) is 13.2 Å². The van der Waals surface area contributed by atoms with Gasteiger partial charge in [0.05, 0.1) is 12.7 Å². The molecular weight excluding hydrogens is 237 g/mol. The number of rotatable bonds is 5. The molecule has 0 bridgehead atoms. The van der Waals surface area contributed by atoms with E-state index in [1.807, 2.05) is 11.0 Å². The maximum absolute atomic E-state index is 11.7. The summed E-state index contributed by atoms with van der Waals surface area (Å²) in [4.78, 5) is 1.99. The Balaban J connectivity index is 2.05. The second-order valence-corrected chi connectivity index (χ2v) is 3.81. The molecule has 17 heavy (non-hydrogen) atoms. The van der Waals surface area contributed by atoms with E-state index in [2.05, 4.69) is 4.74 Å². The summed E-state index contributed by atoms with van der Waals surface area (Å²) in [6, 6.07) is 2.01. The molecule has 0 saturated carbocycles. The van der Waals surface area contributed by atoms with Crippen molar-refractivity contribution in [2.75, 3.05) is 39.5 Å². The molecular formula is C10H15F3N2O2. The Labute approximate surface area is 97.9 Å². The van der Waals surface area contributed by atoms with Gasteiger partial charge in [-0.1, -0.05) is 0 Å². The topological polar surface area (TPSA) is 45.5 Å². The zero-order valence-electron chi connectivity index (χ0n) is 9.37. The predicted molar refractivity (Wildman–Crippen MR) is 53.3 cm³/mol. The number of nitrogens with zero attached hydrogens (tertiary/aromatic N) is 2. The van der Waals surface area contributed by atoms with Gasteiger partial charge in [0.15, 0.2) is 6.10 Å². The first kappa shape index (κ1) is 14.2. The van der Waals surface area contributed by atoms with Crippen LogP contribution in [0.25, 0.3) is 0 Å². The van der Waals surface area contributed by atoms with Gasteiger partial charge in [-0.2, -0.15) is 18.4 Å². The summed E-state index contributed by atoms with van der Waals surface area (Å²) in [5.74, 6) is 0. The summed E-state index contributed by atoms with van der Waals surface area (Å²) in [7, 11) is 0. The monoisotopic (exact) mass is 252 g/mol. The molecule has 1 atom stereocenters. The maximum Gasteiger partial charge on any atom is 0.411 e. The van der Waals surface area contributed by atoms with Gasteiger partial charge in [-0.15, -0.1) is 0 Å². The van der Waals surface area contributed by atoms with E-state index in [0.717, 1.165) is 0 Å². The van der Waals surface area contributed by atoms with Gasteiger partial charge >= 0.3 is 6.18 Å². The average Bonchev–Trinajstić information content (AvgIpc) is 2.27. The molecule has 1 rings (SSSR count). The van der Waals surface area contributed by atoms with Crippen LogP contribution in [0, 0.1) is 11.3 Å². The van der Waals surface area contributed by atoms with Crippen LogP contribution in [-0.2, 0) is 9.47 Å². The van der Waals surface area contributed by atoms with E-state index in [0.29, 0.717) is 32.7 Å². The summed E-state index contributed by atoms with van der Waals surface area (Å²) in [6.07, 6.45) is -4.17. The lowest BCUT2D eigenvalue weighted by Gasteiger charge is -2.29. The molecule has 0 aromatic heterocycles. The van der Waals surface area contributed by atoms with Gasteiger partial charge in [-0.3, -0.25) is 4.90 Å². The molecule has 1 unspecified atom stereocenters. The Morgan fingerprint density at radius 3 is 2.88 bits per heavy atom. The van der Waals surface area contributed by atoms with E-state index in [1.165, 1.54) is 0 Å². The Kier molecular flexibility index (Phi) is 5.68. The minimum atomic E-state index is -4.26. The Hall–Kier alpha value is -0.840. The second-order valence-electron chi connectivity index (χ2n) is 3.81. The highest BCUT2D eigenvalue weighted by Gasteiger charge is 2.27. The Bertz CT molecular complexity index is 265. The van der Waals surface area contributed by atoms with Gasteiger partial charge in [0.2, 0.25) is 0 Å². The Morgan fingerprint density at radius 1 is 1.47 bits per heavy atom. The van der Waals surface area contributed by atoms with Gasteiger partial charge in [0.1, 0.15) is 6.61 Å². The van der Waals surface area contributed by atoms with E-state index >= 15 is 0 Å². The summed E-state index contributed by atoms with van der Waals surface area (Å²) < 4.78 is 44.9. The van der Waals surface area contributed by atoms with Crippen LogP contribution in [0.15, 0.2) is 0 Å². The van der Waals surface area contributed by atoms with Crippen LogP contribution in [0.1, 0.15) is 6.42 Å². The van der Waals surface area contributed by atoms with Crippen molar-refractivity contribution in [2.45, 2.75) is 18.7 Å². The molecule has 0 radical (unpaired) electrons. The van der Waals surface area contributed by atoms with Gasteiger partial charge < -0.3 is 9.47 Å². The first-order valence-electron chi connectivity index (χ1n) is 5.39. The molecule has 1 fully saturated rings. The largest absolute Gasteiger partial charge is 0.411 e. The third-order valence-corrected chi connectivity index (χ3v) is 2.32. The van der Waals surface area contributed by atoms with E-state index in [-0.39, 0.29) is 6.61 Å². The lowest BCUT2D eigenvalue weighted by Crippen LogP contribution is -2.42. The lowest BCUT2D eigenvalue weighted by atomic mass is 10.3. The van der Waals surface area contributed by atoms with Crippen molar-refractivity contribution >= 4 is 0 Å². The average molecular weight is 252 g/mol. The van der Waals surface area contributed by atoms with Crippen LogP contribution in [-0.4, -0.2) is 56.6 Å². The normalized spacial score (nSPS) is 22.4. The van der Waals surface area contributed by atoms with Crippen LogP contribution in [0.5, 0.6) is 0 Å². The zero-order chi connectivity index (χ0) is 12.7. The van der Waals surface area contributed by atoms with Gasteiger partial charge in [-0.05, 0) is 6.42 Å². The number of nitriles is 1. The summed E-state index contributed by atoms with van der Waals surface area (Å²) >= 11 is 0. The van der Waals surface area contributed by atoms with Crippen molar-refractivity contribution < 1.29 is 22.6 Å². The molecule has 1 saturated heterocycles. The third-order valence-electron chi connectivity index (χ3n) is 2.32. The maximum atomic E-state index is 11.7. The van der Waals surface area contributed by atoms with Crippen molar-refractivity contribution in [2.24, 2.45) is 0 Å². The highest BCUT2D eigenvalue weighted by atomic mass is 19.4. The van der Waals surface area contributed by atoms with E-state index < -0.39 is 18.9 Å². The van der Waals surface area contributed by atoms with Crippen LogP contribution in [0.2, 0.25) is 0 Å². The molecule has 0 N–H and O–H groups in total. The minimum Gasteiger partial charge on any atom is -0.372 e. The lowest BCUT2D eigenvalue weighted by molar-refractivity contribution is -0.174. The number of halogens is 3. The van der Waals surface area contributed by atoms with Crippen molar-refractivity contribution in [1.82, 2.24) is 4.90 Å². The Morgan fingerprint density at radius 2 is 2.24 bits per heavy atom. The quantitative estimate of drug-likeness (QED) is 0.689. The molecule has 0 aromatic rings. The molecule has 1 aliphatic heterocycles. The molecule has 7 heteroatoms. The molecule has 1 heterocycles. The van der Waals surface area contributed by atoms with E-state index in [4.69, 9.17) is 10.00 Å². The number of alkyl halides is 3. The molecule has 0 aliphatic carbocycles. The molecule has 0 amide bonds. The number of ether oxygens (including phenoxy) is 2. The van der Waals surface area contributed by atoms with Crippen molar-refractivity contribution in [1.29, 1.82) is 5.26 Å². The zero-order valence-corrected chi connectivity index (χ0v) is 9.37.